The Morgan fingerprint density at radius 1 is 1.13 bits per heavy atom. The van der Waals surface area contributed by atoms with Crippen molar-refractivity contribution < 1.29 is 9.53 Å². The van der Waals surface area contributed by atoms with E-state index in [-0.39, 0.29) is 25.7 Å². The molecule has 1 heterocycles. The van der Waals surface area contributed by atoms with Crippen LogP contribution in [0.2, 0.25) is 4.82 Å². The molecular weight excluding hydrogens is 353 g/mol. The van der Waals surface area contributed by atoms with E-state index in [4.69, 9.17) is 4.74 Å². The molecule has 4 heteroatoms. The molecule has 0 aromatic heterocycles. The summed E-state index contributed by atoms with van der Waals surface area (Å²) in [6, 6.07) is 16.5. The van der Waals surface area contributed by atoms with Crippen LogP contribution in [0.4, 0.5) is 5.69 Å². The fourth-order valence-corrected chi connectivity index (χ4v) is 5.01. The van der Waals surface area contributed by atoms with Gasteiger partial charge < -0.3 is 0 Å². The van der Waals surface area contributed by atoms with Crippen molar-refractivity contribution in [3.8, 4) is 5.75 Å². The summed E-state index contributed by atoms with van der Waals surface area (Å²) in [4.78, 5) is 14.6. The molecule has 0 saturated heterocycles. The van der Waals surface area contributed by atoms with Crippen molar-refractivity contribution in [3.63, 3.8) is 0 Å². The zero-order valence-corrected chi connectivity index (χ0v) is 15.2. The summed E-state index contributed by atoms with van der Waals surface area (Å²) in [7, 11) is 0. The van der Waals surface area contributed by atoms with E-state index in [0.29, 0.717) is 0 Å². The number of hydrogen-bond donors (Lipinski definition) is 0. The number of carbonyl (C=O) groups is 1. The molecule has 1 unspecified atom stereocenters. The molecule has 0 spiro atoms. The van der Waals surface area contributed by atoms with Gasteiger partial charge in [0.15, 0.2) is 0 Å². The molecule has 3 rings (SSSR count). The fourth-order valence-electron chi connectivity index (χ4n) is 2.80. The molecule has 2 aromatic carbocycles. The Hall–Kier alpha value is -1.77. The van der Waals surface area contributed by atoms with E-state index in [1.807, 2.05) is 24.3 Å². The van der Waals surface area contributed by atoms with Crippen LogP contribution in [0.5, 0.6) is 5.75 Å². The molecule has 23 heavy (non-hydrogen) atoms. The van der Waals surface area contributed by atoms with Crippen LogP contribution in [0, 0.1) is 0 Å². The zero-order valence-electron chi connectivity index (χ0n) is 13.5. The second-order valence-corrected chi connectivity index (χ2v) is 8.19. The molecule has 3 nitrogen and oxygen atoms in total. The van der Waals surface area contributed by atoms with E-state index in [0.717, 1.165) is 36.5 Å². The van der Waals surface area contributed by atoms with Gasteiger partial charge in [-0.15, -0.1) is 0 Å². The number of rotatable bonds is 5. The van der Waals surface area contributed by atoms with E-state index < -0.39 is 0 Å². The average molecular weight is 374 g/mol. The molecule has 0 fully saturated rings. The number of nitrogens with zero attached hydrogens (tertiary/aromatic N) is 1. The number of benzene rings is 2. The minimum absolute atomic E-state index is 0.0308. The van der Waals surface area contributed by atoms with E-state index >= 15 is 0 Å². The van der Waals surface area contributed by atoms with Crippen LogP contribution in [0.15, 0.2) is 48.5 Å². The van der Waals surface area contributed by atoms with Gasteiger partial charge in [0.05, 0.1) is 0 Å². The number of esters is 1. The fraction of sp³-hybridized carbons (Fsp3) is 0.316. The molecule has 120 valence electrons. The van der Waals surface area contributed by atoms with Crippen molar-refractivity contribution in [1.82, 2.24) is 0 Å². The standard InChI is InChI=1S/C19H21NO2Se/c1-3-20(4-2)15-11-10-14-12-18(19(21)22-17(14)13-15)23-16-8-6-5-7-9-16/h5-11,13,18H,3-4,12H2,1-2H3. The van der Waals surface area contributed by atoms with Crippen LogP contribution in [-0.4, -0.2) is 34.0 Å². The third-order valence-corrected chi connectivity index (χ3v) is 6.57. The molecule has 0 bridgehead atoms. The summed E-state index contributed by atoms with van der Waals surface area (Å²) < 4.78 is 6.89. The van der Waals surface area contributed by atoms with Gasteiger partial charge in [0.1, 0.15) is 0 Å². The Balaban J connectivity index is 1.79. The molecule has 1 aliphatic rings. The molecule has 2 aromatic rings. The predicted octanol–water partition coefficient (Wildman–Crippen LogP) is 2.81. The average Bonchev–Trinajstić information content (AvgIpc) is 2.58. The maximum absolute atomic E-state index is 12.4. The van der Waals surface area contributed by atoms with Crippen molar-refractivity contribution in [2.24, 2.45) is 0 Å². The molecule has 0 amide bonds. The van der Waals surface area contributed by atoms with Crippen LogP contribution in [0.1, 0.15) is 19.4 Å². The Morgan fingerprint density at radius 3 is 2.57 bits per heavy atom. The number of anilines is 1. The van der Waals surface area contributed by atoms with Crippen LogP contribution in [0.25, 0.3) is 0 Å². The normalized spacial score (nSPS) is 16.6. The van der Waals surface area contributed by atoms with Crippen LogP contribution in [-0.2, 0) is 11.2 Å². The monoisotopic (exact) mass is 375 g/mol. The molecule has 0 aliphatic carbocycles. The topological polar surface area (TPSA) is 29.5 Å². The third kappa shape index (κ3) is 3.60. The number of ether oxygens (including phenoxy) is 1. The second-order valence-electron chi connectivity index (χ2n) is 5.51. The first-order chi connectivity index (χ1) is 11.2. The van der Waals surface area contributed by atoms with Crippen LogP contribution in [0.3, 0.4) is 0 Å². The first kappa shape index (κ1) is 16.1. The van der Waals surface area contributed by atoms with Crippen molar-refractivity contribution in [2.45, 2.75) is 25.1 Å². The van der Waals surface area contributed by atoms with Gasteiger partial charge in [0.25, 0.3) is 0 Å². The van der Waals surface area contributed by atoms with E-state index in [1.165, 1.54) is 4.46 Å². The molecule has 1 atom stereocenters. The minimum atomic E-state index is -0.0851. The summed E-state index contributed by atoms with van der Waals surface area (Å²) in [6.45, 7) is 6.16. The number of hydrogen-bond acceptors (Lipinski definition) is 3. The first-order valence-corrected chi connectivity index (χ1v) is 9.87. The van der Waals surface area contributed by atoms with E-state index in [1.54, 1.807) is 0 Å². The van der Waals surface area contributed by atoms with E-state index in [9.17, 15) is 4.79 Å². The van der Waals surface area contributed by atoms with Gasteiger partial charge in [-0.1, -0.05) is 0 Å². The molecule has 1 aliphatic heterocycles. The molecule has 0 radical (unpaired) electrons. The van der Waals surface area contributed by atoms with Crippen molar-refractivity contribution >= 4 is 31.1 Å². The van der Waals surface area contributed by atoms with E-state index in [2.05, 4.69) is 43.0 Å². The summed E-state index contributed by atoms with van der Waals surface area (Å²) in [5.74, 6) is 0.651. The number of fused-ring (bicyclic) bond motifs is 1. The molecule has 0 N–H and O–H groups in total. The summed E-state index contributed by atoms with van der Waals surface area (Å²) in [5, 5.41) is 0. The quantitative estimate of drug-likeness (QED) is 0.458. The molecular formula is C19H21NO2Se. The van der Waals surface area contributed by atoms with Gasteiger partial charge in [-0.2, -0.15) is 0 Å². The van der Waals surface area contributed by atoms with Crippen molar-refractivity contribution in [3.05, 3.63) is 54.1 Å². The van der Waals surface area contributed by atoms with Gasteiger partial charge in [0.2, 0.25) is 0 Å². The second kappa shape index (κ2) is 7.20. The van der Waals surface area contributed by atoms with Gasteiger partial charge in [0, 0.05) is 0 Å². The Labute approximate surface area is 143 Å². The summed E-state index contributed by atoms with van der Waals surface area (Å²) in [5.41, 5.74) is 2.26. The Bertz CT molecular complexity index is 683. The van der Waals surface area contributed by atoms with Crippen molar-refractivity contribution in [2.75, 3.05) is 18.0 Å². The zero-order chi connectivity index (χ0) is 16.2. The third-order valence-electron chi connectivity index (χ3n) is 4.08. The van der Waals surface area contributed by atoms with Gasteiger partial charge in [-0.3, -0.25) is 0 Å². The van der Waals surface area contributed by atoms with Crippen LogP contribution >= 0.6 is 0 Å². The van der Waals surface area contributed by atoms with Crippen molar-refractivity contribution in [1.29, 1.82) is 0 Å². The Morgan fingerprint density at radius 2 is 1.87 bits per heavy atom. The van der Waals surface area contributed by atoms with Gasteiger partial charge >= 0.3 is 144 Å². The van der Waals surface area contributed by atoms with Gasteiger partial charge in [-0.25, -0.2) is 0 Å². The summed E-state index contributed by atoms with van der Waals surface area (Å²) >= 11 is 0.105. The predicted molar refractivity (Wildman–Crippen MR) is 94.9 cm³/mol. The maximum atomic E-state index is 12.4. The Kier molecular flexibility index (Phi) is 5.04. The SMILES string of the molecule is CCN(CC)c1ccc2c(c1)OC(=O)C([Se]c1ccccc1)C2. The van der Waals surface area contributed by atoms with Gasteiger partial charge in [-0.05, 0) is 0 Å². The van der Waals surface area contributed by atoms with Crippen LogP contribution < -0.4 is 14.1 Å². The molecule has 0 saturated carbocycles. The summed E-state index contributed by atoms with van der Waals surface area (Å²) in [6.07, 6.45) is 0.779. The first-order valence-electron chi connectivity index (χ1n) is 8.02. The number of carbonyl (C=O) groups excluding carboxylic acids is 1.